The Hall–Kier alpha value is -1.33. The molecule has 20 heavy (non-hydrogen) atoms. The first-order valence-corrected chi connectivity index (χ1v) is 7.13. The van der Waals surface area contributed by atoms with E-state index in [2.05, 4.69) is 21.8 Å². The van der Waals surface area contributed by atoms with Gasteiger partial charge in [-0.05, 0) is 38.7 Å². The van der Waals surface area contributed by atoms with E-state index in [9.17, 15) is 9.18 Å². The van der Waals surface area contributed by atoms with Crippen LogP contribution >= 0.6 is 0 Å². The van der Waals surface area contributed by atoms with E-state index in [4.69, 9.17) is 0 Å². The van der Waals surface area contributed by atoms with Gasteiger partial charge in [-0.25, -0.2) is 4.39 Å². The van der Waals surface area contributed by atoms with Gasteiger partial charge in [0.25, 0.3) is 0 Å². The van der Waals surface area contributed by atoms with Crippen LogP contribution < -0.4 is 0 Å². The van der Waals surface area contributed by atoms with E-state index >= 15 is 0 Å². The minimum absolute atomic E-state index is 0.0115. The molecular formula is C15H22FN3O. The van der Waals surface area contributed by atoms with Crippen molar-refractivity contribution >= 4 is 5.78 Å². The second-order valence-electron chi connectivity index (χ2n) is 5.58. The zero-order valence-electron chi connectivity index (χ0n) is 12.2. The molecule has 1 aliphatic heterocycles. The van der Waals surface area contributed by atoms with Crippen LogP contribution in [0.25, 0.3) is 0 Å². The monoisotopic (exact) mass is 279 g/mol. The van der Waals surface area contributed by atoms with Gasteiger partial charge in [0.15, 0.2) is 5.78 Å². The summed E-state index contributed by atoms with van der Waals surface area (Å²) in [5.74, 6) is -0.538. The van der Waals surface area contributed by atoms with E-state index in [1.54, 1.807) is 0 Å². The lowest BCUT2D eigenvalue weighted by Gasteiger charge is -2.23. The second kappa shape index (κ2) is 6.90. The molecule has 0 aliphatic carbocycles. The number of aromatic nitrogens is 1. The molecule has 1 aromatic heterocycles. The summed E-state index contributed by atoms with van der Waals surface area (Å²) in [6, 6.07) is 2.75. The lowest BCUT2D eigenvalue weighted by molar-refractivity contribution is 0.0890. The van der Waals surface area contributed by atoms with E-state index < -0.39 is 5.82 Å². The third kappa shape index (κ3) is 4.08. The average molecular weight is 279 g/mol. The molecule has 1 aliphatic rings. The van der Waals surface area contributed by atoms with Crippen molar-refractivity contribution in [2.45, 2.75) is 13.3 Å². The highest BCUT2D eigenvalue weighted by Gasteiger charge is 2.21. The van der Waals surface area contributed by atoms with Gasteiger partial charge in [-0.3, -0.25) is 9.78 Å². The number of ketones is 1. The second-order valence-corrected chi connectivity index (χ2v) is 5.58. The molecule has 2 rings (SSSR count). The van der Waals surface area contributed by atoms with E-state index in [1.165, 1.54) is 12.1 Å². The number of carbonyl (C=O) groups is 1. The lowest BCUT2D eigenvalue weighted by Crippen LogP contribution is -2.35. The van der Waals surface area contributed by atoms with Crippen LogP contribution in [0.2, 0.25) is 0 Å². The SMILES string of the molecule is CC(CN1CCCN(C)CC1)C(=O)c1ccc(F)cn1. The van der Waals surface area contributed by atoms with Gasteiger partial charge in [-0.15, -0.1) is 0 Å². The Balaban J connectivity index is 1.92. The highest BCUT2D eigenvalue weighted by atomic mass is 19.1. The summed E-state index contributed by atoms with van der Waals surface area (Å²) in [6.07, 6.45) is 2.23. The minimum atomic E-state index is -0.412. The Bertz CT molecular complexity index is 449. The van der Waals surface area contributed by atoms with Gasteiger partial charge in [-0.2, -0.15) is 0 Å². The largest absolute Gasteiger partial charge is 0.305 e. The van der Waals surface area contributed by atoms with Crippen LogP contribution in [0.15, 0.2) is 18.3 Å². The van der Waals surface area contributed by atoms with Crippen LogP contribution in [0, 0.1) is 11.7 Å². The highest BCUT2D eigenvalue weighted by molar-refractivity contribution is 5.95. The summed E-state index contributed by atoms with van der Waals surface area (Å²) >= 11 is 0. The van der Waals surface area contributed by atoms with Crippen molar-refractivity contribution in [3.63, 3.8) is 0 Å². The number of hydrogen-bond acceptors (Lipinski definition) is 4. The van der Waals surface area contributed by atoms with E-state index in [0.29, 0.717) is 5.69 Å². The first-order valence-electron chi connectivity index (χ1n) is 7.13. The fourth-order valence-corrected chi connectivity index (χ4v) is 2.53. The zero-order chi connectivity index (χ0) is 14.5. The number of halogens is 1. The number of nitrogens with zero attached hydrogens (tertiary/aromatic N) is 3. The van der Waals surface area contributed by atoms with Crippen molar-refractivity contribution in [2.75, 3.05) is 39.8 Å². The third-order valence-corrected chi connectivity index (χ3v) is 3.77. The molecule has 110 valence electrons. The van der Waals surface area contributed by atoms with Crippen LogP contribution in [0.5, 0.6) is 0 Å². The van der Waals surface area contributed by atoms with Gasteiger partial charge in [0.05, 0.1) is 6.20 Å². The normalized spacial score (nSPS) is 19.6. The Labute approximate surface area is 119 Å². The Morgan fingerprint density at radius 3 is 2.85 bits per heavy atom. The molecule has 2 heterocycles. The predicted octanol–water partition coefficient (Wildman–Crippen LogP) is 1.68. The van der Waals surface area contributed by atoms with Crippen LogP contribution in [0.3, 0.4) is 0 Å². The zero-order valence-corrected chi connectivity index (χ0v) is 12.2. The van der Waals surface area contributed by atoms with Gasteiger partial charge in [0, 0.05) is 25.6 Å². The van der Waals surface area contributed by atoms with Gasteiger partial charge in [0.1, 0.15) is 11.5 Å². The smallest absolute Gasteiger partial charge is 0.185 e. The molecule has 0 amide bonds. The van der Waals surface area contributed by atoms with Crippen LogP contribution in [0.1, 0.15) is 23.8 Å². The first-order chi connectivity index (χ1) is 9.56. The van der Waals surface area contributed by atoms with Gasteiger partial charge < -0.3 is 9.80 Å². The molecule has 1 saturated heterocycles. The molecule has 1 fully saturated rings. The Kier molecular flexibility index (Phi) is 5.20. The summed E-state index contributed by atoms with van der Waals surface area (Å²) < 4.78 is 12.8. The minimum Gasteiger partial charge on any atom is -0.305 e. The summed E-state index contributed by atoms with van der Waals surface area (Å²) in [4.78, 5) is 20.8. The quantitative estimate of drug-likeness (QED) is 0.786. The van der Waals surface area contributed by atoms with Crippen molar-refractivity contribution in [3.8, 4) is 0 Å². The molecule has 0 saturated carbocycles. The third-order valence-electron chi connectivity index (χ3n) is 3.77. The Morgan fingerprint density at radius 1 is 1.35 bits per heavy atom. The van der Waals surface area contributed by atoms with Crippen molar-refractivity contribution in [1.82, 2.24) is 14.8 Å². The molecule has 0 bridgehead atoms. The standard InChI is InChI=1S/C15H22FN3O/c1-12(11-19-7-3-6-18(2)8-9-19)15(20)14-5-4-13(16)10-17-14/h4-5,10,12H,3,6-9,11H2,1-2H3. The summed E-state index contributed by atoms with van der Waals surface area (Å²) in [5, 5.41) is 0. The van der Waals surface area contributed by atoms with Crippen molar-refractivity contribution in [1.29, 1.82) is 0 Å². The first kappa shape index (κ1) is 15.1. The fourth-order valence-electron chi connectivity index (χ4n) is 2.53. The van der Waals surface area contributed by atoms with Crippen LogP contribution in [0.4, 0.5) is 4.39 Å². The molecule has 5 heteroatoms. The topological polar surface area (TPSA) is 36.4 Å². The maximum absolute atomic E-state index is 12.8. The highest BCUT2D eigenvalue weighted by Crippen LogP contribution is 2.11. The molecule has 0 aromatic carbocycles. The number of carbonyl (C=O) groups excluding carboxylic acids is 1. The van der Waals surface area contributed by atoms with E-state index in [0.717, 1.165) is 45.3 Å². The molecular weight excluding hydrogens is 257 g/mol. The fraction of sp³-hybridized carbons (Fsp3) is 0.600. The number of likely N-dealkylation sites (N-methyl/N-ethyl adjacent to an activating group) is 1. The average Bonchev–Trinajstić information content (AvgIpc) is 2.64. The Morgan fingerprint density at radius 2 is 2.15 bits per heavy atom. The number of rotatable bonds is 4. The molecule has 0 radical (unpaired) electrons. The number of Topliss-reactive ketones (excluding diaryl/α,β-unsaturated/α-hetero) is 1. The molecule has 1 atom stereocenters. The molecule has 4 nitrogen and oxygen atoms in total. The predicted molar refractivity (Wildman–Crippen MR) is 76.2 cm³/mol. The molecule has 1 unspecified atom stereocenters. The van der Waals surface area contributed by atoms with Crippen LogP contribution in [-0.2, 0) is 0 Å². The summed E-state index contributed by atoms with van der Waals surface area (Å²) in [7, 11) is 2.13. The van der Waals surface area contributed by atoms with Gasteiger partial charge >= 0.3 is 0 Å². The van der Waals surface area contributed by atoms with Gasteiger partial charge in [0.2, 0.25) is 0 Å². The van der Waals surface area contributed by atoms with Crippen LogP contribution in [-0.4, -0.2) is 60.3 Å². The van der Waals surface area contributed by atoms with Crippen molar-refractivity contribution in [3.05, 3.63) is 29.8 Å². The van der Waals surface area contributed by atoms with E-state index in [-0.39, 0.29) is 11.7 Å². The lowest BCUT2D eigenvalue weighted by atomic mass is 10.0. The summed E-state index contributed by atoms with van der Waals surface area (Å²) in [5.41, 5.74) is 0.353. The molecule has 1 aromatic rings. The maximum Gasteiger partial charge on any atom is 0.185 e. The van der Waals surface area contributed by atoms with Crippen molar-refractivity contribution in [2.24, 2.45) is 5.92 Å². The van der Waals surface area contributed by atoms with Crippen molar-refractivity contribution < 1.29 is 9.18 Å². The summed E-state index contributed by atoms with van der Waals surface area (Å²) in [6.45, 7) is 6.82. The van der Waals surface area contributed by atoms with E-state index in [1.807, 2.05) is 6.92 Å². The van der Waals surface area contributed by atoms with Gasteiger partial charge in [-0.1, -0.05) is 6.92 Å². The number of hydrogen-bond donors (Lipinski definition) is 0. The molecule has 0 spiro atoms. The number of pyridine rings is 1. The molecule has 0 N–H and O–H groups in total. The maximum atomic E-state index is 12.8.